The first-order valence-electron chi connectivity index (χ1n) is 9.75. The second kappa shape index (κ2) is 8.08. The molecule has 154 valence electrons. The quantitative estimate of drug-likeness (QED) is 0.501. The van der Waals surface area contributed by atoms with Gasteiger partial charge in [-0.2, -0.15) is 10.2 Å². The third kappa shape index (κ3) is 4.32. The second-order valence-electron chi connectivity index (χ2n) is 7.57. The largest absolute Gasteiger partial charge is 0.446 e. The Bertz CT molecular complexity index is 997. The molecule has 29 heavy (non-hydrogen) atoms. The van der Waals surface area contributed by atoms with Crippen LogP contribution in [0.15, 0.2) is 24.5 Å². The summed E-state index contributed by atoms with van der Waals surface area (Å²) in [6, 6.07) is 3.79. The number of aromatic amines is 1. The van der Waals surface area contributed by atoms with E-state index in [0.717, 1.165) is 30.5 Å². The molecule has 1 aliphatic carbocycles. The van der Waals surface area contributed by atoms with Gasteiger partial charge in [-0.3, -0.25) is 5.10 Å². The summed E-state index contributed by atoms with van der Waals surface area (Å²) in [4.78, 5) is 16.2. The van der Waals surface area contributed by atoms with Crippen LogP contribution in [-0.4, -0.2) is 48.1 Å². The number of nitrogens with zero attached hydrogens (tertiary/aromatic N) is 4. The van der Waals surface area contributed by atoms with Gasteiger partial charge < -0.3 is 20.5 Å². The third-order valence-electron chi connectivity index (χ3n) is 4.95. The third-order valence-corrected chi connectivity index (χ3v) is 4.95. The number of amides is 1. The van der Waals surface area contributed by atoms with Crippen molar-refractivity contribution in [2.24, 2.45) is 0 Å². The van der Waals surface area contributed by atoms with Crippen LogP contribution in [0.5, 0.6) is 0 Å². The van der Waals surface area contributed by atoms with E-state index in [0.29, 0.717) is 17.3 Å². The van der Waals surface area contributed by atoms with Gasteiger partial charge in [-0.05, 0) is 39.2 Å². The van der Waals surface area contributed by atoms with E-state index in [-0.39, 0.29) is 30.8 Å². The zero-order valence-corrected chi connectivity index (χ0v) is 16.4. The minimum atomic E-state index is -0.361. The van der Waals surface area contributed by atoms with Gasteiger partial charge in [0.1, 0.15) is 11.6 Å². The van der Waals surface area contributed by atoms with Crippen molar-refractivity contribution in [1.29, 1.82) is 0 Å². The molecule has 0 bridgehead atoms. The Morgan fingerprint density at radius 3 is 3.07 bits per heavy atom. The van der Waals surface area contributed by atoms with E-state index in [4.69, 9.17) is 4.74 Å². The molecule has 3 aromatic rings. The predicted molar refractivity (Wildman–Crippen MR) is 106 cm³/mol. The van der Waals surface area contributed by atoms with Crippen LogP contribution in [0, 0.1) is 0 Å². The molecule has 3 aromatic heterocycles. The Labute approximate surface area is 167 Å². The van der Waals surface area contributed by atoms with E-state index in [1.165, 1.54) is 0 Å². The number of carbonyl (C=O) groups is 1. The van der Waals surface area contributed by atoms with Gasteiger partial charge in [0.2, 0.25) is 0 Å². The fourth-order valence-electron chi connectivity index (χ4n) is 3.63. The summed E-state index contributed by atoms with van der Waals surface area (Å²) in [5, 5.41) is 26.9. The molecule has 4 rings (SSSR count). The molecule has 2 atom stereocenters. The highest BCUT2D eigenvalue weighted by atomic mass is 16.6. The molecule has 10 heteroatoms. The van der Waals surface area contributed by atoms with E-state index in [9.17, 15) is 9.90 Å². The zero-order chi connectivity index (χ0) is 20.4. The molecule has 0 aromatic carbocycles. The molecule has 1 amide bonds. The number of carbonyl (C=O) groups excluding carboxylic acids is 1. The van der Waals surface area contributed by atoms with Crippen LogP contribution in [0.3, 0.4) is 0 Å². The first kappa shape index (κ1) is 19.2. The summed E-state index contributed by atoms with van der Waals surface area (Å²) < 4.78 is 7.16. The van der Waals surface area contributed by atoms with Crippen molar-refractivity contribution >= 4 is 23.2 Å². The molecule has 3 heterocycles. The normalized spacial score (nSPS) is 19.0. The average Bonchev–Trinajstić information content (AvgIpc) is 3.40. The second-order valence-corrected chi connectivity index (χ2v) is 7.57. The molecule has 0 saturated heterocycles. The average molecular weight is 399 g/mol. The zero-order valence-electron chi connectivity index (χ0n) is 16.4. The van der Waals surface area contributed by atoms with Gasteiger partial charge in [-0.1, -0.05) is 0 Å². The number of ether oxygens (including phenoxy) is 1. The smallest absolute Gasteiger partial charge is 0.407 e. The SMILES string of the molecule is CC(C)NC(=O)OC1CCC(c2cc(Nc3nccn4nc(CO)cc34)n[nH]2)C1. The molecule has 1 saturated carbocycles. The van der Waals surface area contributed by atoms with Crippen LogP contribution in [-0.2, 0) is 11.3 Å². The fraction of sp³-hybridized carbons (Fsp3) is 0.474. The lowest BCUT2D eigenvalue weighted by molar-refractivity contribution is 0.0981. The Morgan fingerprint density at radius 2 is 2.28 bits per heavy atom. The summed E-state index contributed by atoms with van der Waals surface area (Å²) >= 11 is 0. The highest BCUT2D eigenvalue weighted by molar-refractivity contribution is 5.72. The van der Waals surface area contributed by atoms with Crippen molar-refractivity contribution in [2.45, 2.75) is 57.8 Å². The van der Waals surface area contributed by atoms with Gasteiger partial charge in [0.05, 0.1) is 12.3 Å². The molecule has 4 N–H and O–H groups in total. The predicted octanol–water partition coefficient (Wildman–Crippen LogP) is 2.46. The fourth-order valence-corrected chi connectivity index (χ4v) is 3.63. The van der Waals surface area contributed by atoms with Crippen LogP contribution < -0.4 is 10.6 Å². The minimum absolute atomic E-state index is 0.0586. The van der Waals surface area contributed by atoms with Crippen molar-refractivity contribution in [3.63, 3.8) is 0 Å². The number of anilines is 2. The number of fused-ring (bicyclic) bond motifs is 1. The van der Waals surface area contributed by atoms with Gasteiger partial charge >= 0.3 is 6.09 Å². The lowest BCUT2D eigenvalue weighted by Crippen LogP contribution is -2.33. The van der Waals surface area contributed by atoms with Gasteiger partial charge in [0, 0.05) is 36.1 Å². The van der Waals surface area contributed by atoms with E-state index in [1.807, 2.05) is 19.9 Å². The molecular weight excluding hydrogens is 374 g/mol. The maximum atomic E-state index is 11.8. The highest BCUT2D eigenvalue weighted by Gasteiger charge is 2.30. The maximum Gasteiger partial charge on any atom is 0.407 e. The number of nitrogens with one attached hydrogen (secondary N) is 3. The highest BCUT2D eigenvalue weighted by Crippen LogP contribution is 2.36. The van der Waals surface area contributed by atoms with Crippen molar-refractivity contribution < 1.29 is 14.6 Å². The molecule has 10 nitrogen and oxygen atoms in total. The van der Waals surface area contributed by atoms with Crippen molar-refractivity contribution in [2.75, 3.05) is 5.32 Å². The molecule has 0 radical (unpaired) electrons. The Morgan fingerprint density at radius 1 is 1.41 bits per heavy atom. The maximum absolute atomic E-state index is 11.8. The summed E-state index contributed by atoms with van der Waals surface area (Å²) in [7, 11) is 0. The number of aliphatic hydroxyl groups is 1. The van der Waals surface area contributed by atoms with Gasteiger partial charge in [0.25, 0.3) is 0 Å². The van der Waals surface area contributed by atoms with Crippen LogP contribution in [0.25, 0.3) is 5.52 Å². The minimum Gasteiger partial charge on any atom is -0.446 e. The molecule has 1 fully saturated rings. The lowest BCUT2D eigenvalue weighted by Gasteiger charge is -2.14. The van der Waals surface area contributed by atoms with Crippen LogP contribution in [0.4, 0.5) is 16.4 Å². The van der Waals surface area contributed by atoms with Crippen LogP contribution in [0.1, 0.15) is 50.4 Å². The summed E-state index contributed by atoms with van der Waals surface area (Å²) in [5.74, 6) is 1.51. The number of rotatable bonds is 6. The van der Waals surface area contributed by atoms with Crippen molar-refractivity contribution in [3.8, 4) is 0 Å². The Hall–Kier alpha value is -3.14. The molecular formula is C19H25N7O3. The number of aliphatic hydroxyl groups excluding tert-OH is 1. The lowest BCUT2D eigenvalue weighted by atomic mass is 10.0. The standard InChI is InChI=1S/C19H25N7O3/c1-11(2)21-19(28)29-14-4-3-12(7-14)15-9-17(24-23-15)22-18-16-8-13(10-27)25-26(16)6-5-20-18/h5-6,8-9,11-12,14,27H,3-4,7,10H2,1-2H3,(H,21,28)(H2,20,22,23,24). The van der Waals surface area contributed by atoms with Crippen LogP contribution >= 0.6 is 0 Å². The van der Waals surface area contributed by atoms with Crippen molar-refractivity contribution in [1.82, 2.24) is 30.1 Å². The van der Waals surface area contributed by atoms with E-state index in [2.05, 4.69) is 30.9 Å². The number of alkyl carbamates (subject to hydrolysis) is 1. The Kier molecular flexibility index (Phi) is 5.34. The summed E-state index contributed by atoms with van der Waals surface area (Å²) in [5.41, 5.74) is 2.33. The monoisotopic (exact) mass is 399 g/mol. The number of H-pyrrole nitrogens is 1. The van der Waals surface area contributed by atoms with Gasteiger partial charge in [-0.25, -0.2) is 14.3 Å². The molecule has 0 spiro atoms. The topological polar surface area (TPSA) is 129 Å². The van der Waals surface area contributed by atoms with E-state index >= 15 is 0 Å². The van der Waals surface area contributed by atoms with Gasteiger partial charge in [0.15, 0.2) is 11.6 Å². The number of hydrogen-bond donors (Lipinski definition) is 4. The molecule has 2 unspecified atom stereocenters. The number of aromatic nitrogens is 5. The van der Waals surface area contributed by atoms with Crippen LogP contribution in [0.2, 0.25) is 0 Å². The summed E-state index contributed by atoms with van der Waals surface area (Å²) in [6.07, 6.45) is 5.44. The Balaban J connectivity index is 1.41. The van der Waals surface area contributed by atoms with Crippen molar-refractivity contribution in [3.05, 3.63) is 35.9 Å². The first-order valence-corrected chi connectivity index (χ1v) is 9.75. The first-order chi connectivity index (χ1) is 14.0. The summed E-state index contributed by atoms with van der Waals surface area (Å²) in [6.45, 7) is 3.68. The molecule has 0 aliphatic heterocycles. The van der Waals surface area contributed by atoms with Gasteiger partial charge in [-0.15, -0.1) is 0 Å². The molecule has 1 aliphatic rings. The van der Waals surface area contributed by atoms with E-state index < -0.39 is 0 Å². The van der Waals surface area contributed by atoms with E-state index in [1.54, 1.807) is 23.0 Å². The number of hydrogen-bond acceptors (Lipinski definition) is 7.